The molecule has 2 N–H and O–H groups in total. The van der Waals surface area contributed by atoms with Crippen LogP contribution in [0.4, 0.5) is 5.95 Å². The van der Waals surface area contributed by atoms with E-state index in [-0.39, 0.29) is 12.0 Å². The second kappa shape index (κ2) is 6.34. The highest BCUT2D eigenvalue weighted by molar-refractivity contribution is 5.27. The molecule has 0 bridgehead atoms. The molecular formula is C11H19N5O2. The second-order valence-electron chi connectivity index (χ2n) is 4.14. The second-order valence-corrected chi connectivity index (χ2v) is 4.14. The lowest BCUT2D eigenvalue weighted by molar-refractivity contribution is 0.341. The molecule has 100 valence electrons. The van der Waals surface area contributed by atoms with Crippen molar-refractivity contribution in [2.75, 3.05) is 32.6 Å². The van der Waals surface area contributed by atoms with E-state index >= 15 is 0 Å². The van der Waals surface area contributed by atoms with Gasteiger partial charge >= 0.3 is 12.0 Å². The number of ether oxygens (including phenoxy) is 2. The standard InChI is InChI=1S/C11H19N5O2/c1-17-10-14-9(15-11(16-10)18-2)13-7-5-8-4-3-6-12-8/h8,12H,3-7H2,1-2H3,(H,13,14,15,16)/t8-/m0/s1. The van der Waals surface area contributed by atoms with Crippen molar-refractivity contribution in [3.63, 3.8) is 0 Å². The molecule has 1 fully saturated rings. The minimum atomic E-state index is 0.253. The van der Waals surface area contributed by atoms with Gasteiger partial charge in [-0.2, -0.15) is 9.97 Å². The van der Waals surface area contributed by atoms with Crippen LogP contribution >= 0.6 is 0 Å². The highest BCUT2D eigenvalue weighted by atomic mass is 16.5. The topological polar surface area (TPSA) is 81.2 Å². The van der Waals surface area contributed by atoms with Gasteiger partial charge in [-0.3, -0.25) is 0 Å². The van der Waals surface area contributed by atoms with E-state index < -0.39 is 0 Å². The van der Waals surface area contributed by atoms with Gasteiger partial charge in [0.25, 0.3) is 0 Å². The molecule has 2 heterocycles. The van der Waals surface area contributed by atoms with Gasteiger partial charge < -0.3 is 20.1 Å². The van der Waals surface area contributed by atoms with Gasteiger partial charge in [-0.25, -0.2) is 0 Å². The number of nitrogens with one attached hydrogen (secondary N) is 2. The predicted molar refractivity (Wildman–Crippen MR) is 67.1 cm³/mol. The van der Waals surface area contributed by atoms with Crippen LogP contribution in [0.25, 0.3) is 0 Å². The van der Waals surface area contributed by atoms with Crippen LogP contribution in [0.1, 0.15) is 19.3 Å². The Morgan fingerprint density at radius 2 is 1.94 bits per heavy atom. The largest absolute Gasteiger partial charge is 0.467 e. The third-order valence-corrected chi connectivity index (χ3v) is 2.90. The number of nitrogens with zero attached hydrogens (tertiary/aromatic N) is 3. The molecule has 1 atom stereocenters. The maximum absolute atomic E-state index is 4.98. The van der Waals surface area contributed by atoms with Crippen LogP contribution in [0.3, 0.4) is 0 Å². The number of anilines is 1. The van der Waals surface area contributed by atoms with Crippen molar-refractivity contribution >= 4 is 5.95 Å². The fraction of sp³-hybridized carbons (Fsp3) is 0.727. The monoisotopic (exact) mass is 253 g/mol. The molecule has 2 rings (SSSR count). The molecular weight excluding hydrogens is 234 g/mol. The summed E-state index contributed by atoms with van der Waals surface area (Å²) in [5.74, 6) is 0.483. The lowest BCUT2D eigenvalue weighted by Crippen LogP contribution is -2.24. The van der Waals surface area contributed by atoms with E-state index in [1.54, 1.807) is 0 Å². The van der Waals surface area contributed by atoms with Gasteiger partial charge in [0.1, 0.15) is 0 Å². The molecule has 18 heavy (non-hydrogen) atoms. The Morgan fingerprint density at radius 3 is 2.50 bits per heavy atom. The Balaban J connectivity index is 1.87. The van der Waals surface area contributed by atoms with Crippen LogP contribution in [0, 0.1) is 0 Å². The highest BCUT2D eigenvalue weighted by Gasteiger charge is 2.13. The lowest BCUT2D eigenvalue weighted by atomic mass is 10.1. The van der Waals surface area contributed by atoms with Crippen LogP contribution in [0.5, 0.6) is 12.0 Å². The average Bonchev–Trinajstić information content (AvgIpc) is 2.91. The van der Waals surface area contributed by atoms with Gasteiger partial charge in [-0.1, -0.05) is 0 Å². The Labute approximate surface area is 106 Å². The van der Waals surface area contributed by atoms with Crippen molar-refractivity contribution in [3.8, 4) is 12.0 Å². The van der Waals surface area contributed by atoms with Crippen LogP contribution in [-0.2, 0) is 0 Å². The maximum atomic E-state index is 4.98. The molecule has 0 radical (unpaired) electrons. The van der Waals surface area contributed by atoms with Crippen molar-refractivity contribution in [3.05, 3.63) is 0 Å². The van der Waals surface area contributed by atoms with E-state index in [9.17, 15) is 0 Å². The average molecular weight is 253 g/mol. The summed E-state index contributed by atoms with van der Waals surface area (Å²) in [6, 6.07) is 1.11. The smallest absolute Gasteiger partial charge is 0.324 e. The summed E-state index contributed by atoms with van der Waals surface area (Å²) in [5, 5.41) is 6.60. The minimum absolute atomic E-state index is 0.253. The number of methoxy groups -OCH3 is 2. The first-order chi connectivity index (χ1) is 8.81. The molecule has 1 aliphatic heterocycles. The normalized spacial score (nSPS) is 18.7. The summed E-state index contributed by atoms with van der Waals surface area (Å²) < 4.78 is 9.97. The molecule has 1 aliphatic rings. The predicted octanol–water partition coefficient (Wildman–Crippen LogP) is 0.443. The van der Waals surface area contributed by atoms with Gasteiger partial charge in [0.15, 0.2) is 0 Å². The maximum Gasteiger partial charge on any atom is 0.324 e. The van der Waals surface area contributed by atoms with Crippen molar-refractivity contribution in [2.45, 2.75) is 25.3 Å². The fourth-order valence-electron chi connectivity index (χ4n) is 1.96. The summed E-state index contributed by atoms with van der Waals surface area (Å²) in [5.41, 5.74) is 0. The number of hydrogen-bond donors (Lipinski definition) is 2. The molecule has 1 aromatic rings. The van der Waals surface area contributed by atoms with E-state index in [1.807, 2.05) is 0 Å². The minimum Gasteiger partial charge on any atom is -0.467 e. The van der Waals surface area contributed by atoms with Crippen molar-refractivity contribution in [2.24, 2.45) is 0 Å². The third-order valence-electron chi connectivity index (χ3n) is 2.90. The van der Waals surface area contributed by atoms with Crippen LogP contribution in [-0.4, -0.2) is 48.3 Å². The van der Waals surface area contributed by atoms with Crippen LogP contribution in [0.15, 0.2) is 0 Å². The summed E-state index contributed by atoms with van der Waals surface area (Å²) in [6.45, 7) is 1.94. The first-order valence-electron chi connectivity index (χ1n) is 6.13. The highest BCUT2D eigenvalue weighted by Crippen LogP contribution is 2.13. The Hall–Kier alpha value is -1.63. The number of rotatable bonds is 6. The number of hydrogen-bond acceptors (Lipinski definition) is 7. The van der Waals surface area contributed by atoms with Gasteiger partial charge in [0.05, 0.1) is 14.2 Å². The zero-order chi connectivity index (χ0) is 12.8. The summed E-state index contributed by atoms with van der Waals surface area (Å²) in [6.07, 6.45) is 3.56. The molecule has 1 saturated heterocycles. The van der Waals surface area contributed by atoms with Gasteiger partial charge in [0.2, 0.25) is 5.95 Å². The first kappa shape index (κ1) is 12.8. The van der Waals surface area contributed by atoms with Crippen molar-refractivity contribution in [1.82, 2.24) is 20.3 Å². The van der Waals surface area contributed by atoms with E-state index in [2.05, 4.69) is 25.6 Å². The quantitative estimate of drug-likeness (QED) is 0.761. The van der Waals surface area contributed by atoms with Crippen molar-refractivity contribution < 1.29 is 9.47 Å². The molecule has 0 unspecified atom stereocenters. The summed E-state index contributed by atoms with van der Waals surface area (Å²) in [4.78, 5) is 12.2. The van der Waals surface area contributed by atoms with Crippen LogP contribution < -0.4 is 20.1 Å². The van der Waals surface area contributed by atoms with Gasteiger partial charge in [-0.05, 0) is 25.8 Å². The molecule has 7 nitrogen and oxygen atoms in total. The molecule has 0 amide bonds. The molecule has 0 saturated carbocycles. The SMILES string of the molecule is COc1nc(NCC[C@@H]2CCCN2)nc(OC)n1. The van der Waals surface area contributed by atoms with E-state index in [0.717, 1.165) is 19.5 Å². The first-order valence-corrected chi connectivity index (χ1v) is 6.13. The lowest BCUT2D eigenvalue weighted by Gasteiger charge is -2.11. The van der Waals surface area contributed by atoms with E-state index in [0.29, 0.717) is 12.0 Å². The Kier molecular flexibility index (Phi) is 4.52. The van der Waals surface area contributed by atoms with E-state index in [4.69, 9.17) is 9.47 Å². The Bertz CT molecular complexity index is 359. The van der Waals surface area contributed by atoms with Crippen LogP contribution in [0.2, 0.25) is 0 Å². The zero-order valence-electron chi connectivity index (χ0n) is 10.8. The molecule has 0 aromatic carbocycles. The molecule has 7 heteroatoms. The number of aromatic nitrogens is 3. The third kappa shape index (κ3) is 3.43. The molecule has 0 spiro atoms. The van der Waals surface area contributed by atoms with Crippen molar-refractivity contribution in [1.29, 1.82) is 0 Å². The van der Waals surface area contributed by atoms with E-state index in [1.165, 1.54) is 27.1 Å². The fourth-order valence-corrected chi connectivity index (χ4v) is 1.96. The summed E-state index contributed by atoms with van der Waals surface area (Å²) >= 11 is 0. The summed E-state index contributed by atoms with van der Waals surface area (Å²) in [7, 11) is 3.03. The molecule has 0 aliphatic carbocycles. The zero-order valence-corrected chi connectivity index (χ0v) is 10.8. The van der Waals surface area contributed by atoms with Gasteiger partial charge in [0, 0.05) is 12.6 Å². The molecule has 1 aromatic heterocycles. The van der Waals surface area contributed by atoms with Gasteiger partial charge in [-0.15, -0.1) is 4.98 Å². The Morgan fingerprint density at radius 1 is 1.22 bits per heavy atom.